The second-order valence-electron chi connectivity index (χ2n) is 2.85. The Kier molecular flexibility index (Phi) is 7.70. The highest BCUT2D eigenvalue weighted by atomic mass is 31.2. The molecule has 0 bridgehead atoms. The third-order valence-corrected chi connectivity index (χ3v) is 3.21. The van der Waals surface area contributed by atoms with E-state index in [1.54, 1.807) is 21.1 Å². The summed E-state index contributed by atoms with van der Waals surface area (Å²) in [5, 5.41) is 0. The molecule has 0 aliphatic rings. The van der Waals surface area contributed by atoms with Gasteiger partial charge in [-0.05, 0) is 6.92 Å². The van der Waals surface area contributed by atoms with Gasteiger partial charge in [0.15, 0.2) is 8.38 Å². The van der Waals surface area contributed by atoms with E-state index in [-0.39, 0.29) is 11.7 Å². The van der Waals surface area contributed by atoms with Crippen molar-refractivity contribution in [3.63, 3.8) is 0 Å². The summed E-state index contributed by atoms with van der Waals surface area (Å²) in [6, 6.07) is 0. The van der Waals surface area contributed by atoms with Crippen LogP contribution in [0.2, 0.25) is 0 Å². The molecule has 0 heterocycles. The van der Waals surface area contributed by atoms with Crippen molar-refractivity contribution in [1.29, 1.82) is 0 Å². The van der Waals surface area contributed by atoms with Crippen LogP contribution < -0.4 is 0 Å². The number of Topliss-reactive ketones (excluding diaryl/α,β-unsaturated/α-hetero) is 1. The van der Waals surface area contributed by atoms with E-state index in [1.807, 2.05) is 6.92 Å². The Labute approximate surface area is 87.1 Å². The van der Waals surface area contributed by atoms with Crippen molar-refractivity contribution in [2.75, 3.05) is 20.4 Å². The Bertz CT molecular complexity index is 225. The maximum Gasteiger partial charge on any atom is 0.177 e. The first-order valence-electron chi connectivity index (χ1n) is 4.43. The molecule has 0 aromatic rings. The van der Waals surface area contributed by atoms with Gasteiger partial charge in [0.25, 0.3) is 0 Å². The fourth-order valence-corrected chi connectivity index (χ4v) is 1.83. The number of hydrogen-bond acceptors (Lipinski definition) is 3. The average Bonchev–Trinajstić information content (AvgIpc) is 2.21. The van der Waals surface area contributed by atoms with Gasteiger partial charge < -0.3 is 9.05 Å². The van der Waals surface area contributed by atoms with E-state index in [9.17, 15) is 4.79 Å². The van der Waals surface area contributed by atoms with E-state index in [1.165, 1.54) is 0 Å². The van der Waals surface area contributed by atoms with Crippen molar-refractivity contribution in [2.45, 2.75) is 20.3 Å². The molecule has 0 aliphatic carbocycles. The monoisotopic (exact) mass is 216 g/mol. The summed E-state index contributed by atoms with van der Waals surface area (Å²) in [6.45, 7) is 3.65. The topological polar surface area (TPSA) is 35.5 Å². The third kappa shape index (κ3) is 5.34. The minimum atomic E-state index is -1.04. The first-order valence-corrected chi connectivity index (χ1v) is 5.80. The van der Waals surface area contributed by atoms with Crippen LogP contribution >= 0.6 is 8.38 Å². The zero-order valence-corrected chi connectivity index (χ0v) is 10.1. The van der Waals surface area contributed by atoms with Gasteiger partial charge in [-0.25, -0.2) is 0 Å². The average molecular weight is 216 g/mol. The summed E-state index contributed by atoms with van der Waals surface area (Å²) < 4.78 is 10.0. The highest BCUT2D eigenvalue weighted by Gasteiger charge is 2.18. The van der Waals surface area contributed by atoms with E-state index in [2.05, 4.69) is 11.8 Å². The SMILES string of the molecule is CC#CCC(C)C(=O)CP(OC)OC. The maximum absolute atomic E-state index is 11.6. The predicted octanol–water partition coefficient (Wildman–Crippen LogP) is 2.21. The van der Waals surface area contributed by atoms with Gasteiger partial charge in [-0.3, -0.25) is 4.79 Å². The zero-order chi connectivity index (χ0) is 11.0. The molecule has 0 rings (SSSR count). The summed E-state index contributed by atoms with van der Waals surface area (Å²) in [4.78, 5) is 11.6. The molecule has 0 aliphatic heterocycles. The molecule has 1 unspecified atom stereocenters. The van der Waals surface area contributed by atoms with Crippen molar-refractivity contribution in [1.82, 2.24) is 0 Å². The van der Waals surface area contributed by atoms with Gasteiger partial charge in [0.1, 0.15) is 5.78 Å². The van der Waals surface area contributed by atoms with Crippen molar-refractivity contribution < 1.29 is 13.8 Å². The molecular weight excluding hydrogens is 199 g/mol. The van der Waals surface area contributed by atoms with Gasteiger partial charge in [0.2, 0.25) is 0 Å². The molecule has 0 saturated heterocycles. The van der Waals surface area contributed by atoms with Crippen LogP contribution in [-0.4, -0.2) is 26.2 Å². The molecule has 0 aromatic carbocycles. The van der Waals surface area contributed by atoms with Crippen LogP contribution in [0.4, 0.5) is 0 Å². The highest BCUT2D eigenvalue weighted by Crippen LogP contribution is 2.36. The maximum atomic E-state index is 11.6. The molecule has 0 radical (unpaired) electrons. The number of hydrogen-bond donors (Lipinski definition) is 0. The van der Waals surface area contributed by atoms with E-state index < -0.39 is 8.38 Å². The van der Waals surface area contributed by atoms with Gasteiger partial charge in [-0.2, -0.15) is 0 Å². The van der Waals surface area contributed by atoms with Crippen LogP contribution in [0.3, 0.4) is 0 Å². The Morgan fingerprint density at radius 2 is 2.00 bits per heavy atom. The molecule has 0 fully saturated rings. The molecule has 0 aromatic heterocycles. The van der Waals surface area contributed by atoms with Crippen LogP contribution in [0, 0.1) is 17.8 Å². The van der Waals surface area contributed by atoms with E-state index >= 15 is 0 Å². The van der Waals surface area contributed by atoms with Gasteiger partial charge in [0, 0.05) is 26.6 Å². The Morgan fingerprint density at radius 1 is 1.43 bits per heavy atom. The predicted molar refractivity (Wildman–Crippen MR) is 58.0 cm³/mol. The molecule has 0 N–H and O–H groups in total. The van der Waals surface area contributed by atoms with Crippen LogP contribution in [0.15, 0.2) is 0 Å². The second-order valence-corrected chi connectivity index (χ2v) is 4.57. The van der Waals surface area contributed by atoms with Gasteiger partial charge in [-0.1, -0.05) is 6.92 Å². The van der Waals surface area contributed by atoms with E-state index in [0.717, 1.165) is 0 Å². The van der Waals surface area contributed by atoms with Crippen LogP contribution in [0.25, 0.3) is 0 Å². The minimum absolute atomic E-state index is 0.0299. The second kappa shape index (κ2) is 7.94. The Hall–Kier alpha value is -0.420. The minimum Gasteiger partial charge on any atom is -0.337 e. The molecule has 4 heteroatoms. The highest BCUT2D eigenvalue weighted by molar-refractivity contribution is 7.48. The summed E-state index contributed by atoms with van der Waals surface area (Å²) in [5.74, 6) is 5.79. The molecular formula is C10H17O3P. The Balaban J connectivity index is 3.97. The summed E-state index contributed by atoms with van der Waals surface area (Å²) >= 11 is 0. The lowest BCUT2D eigenvalue weighted by molar-refractivity contribution is -0.119. The molecule has 1 atom stereocenters. The number of carbonyl (C=O) groups is 1. The largest absolute Gasteiger partial charge is 0.337 e. The molecule has 80 valence electrons. The first kappa shape index (κ1) is 13.6. The molecule has 0 saturated carbocycles. The van der Waals surface area contributed by atoms with Crippen molar-refractivity contribution in [3.05, 3.63) is 0 Å². The number of rotatable bonds is 6. The third-order valence-electron chi connectivity index (χ3n) is 1.83. The summed E-state index contributed by atoms with van der Waals surface area (Å²) in [6.07, 6.45) is 0.973. The van der Waals surface area contributed by atoms with Crippen molar-refractivity contribution in [2.24, 2.45) is 5.92 Å². The summed E-state index contributed by atoms with van der Waals surface area (Å²) in [7, 11) is 2.07. The van der Waals surface area contributed by atoms with Gasteiger partial charge in [0.05, 0.1) is 6.16 Å². The smallest absolute Gasteiger partial charge is 0.177 e. The number of ketones is 1. The quantitative estimate of drug-likeness (QED) is 0.504. The number of carbonyl (C=O) groups excluding carboxylic acids is 1. The molecule has 0 spiro atoms. The van der Waals surface area contributed by atoms with Crippen LogP contribution in [0.1, 0.15) is 20.3 Å². The lowest BCUT2D eigenvalue weighted by Gasteiger charge is -2.13. The van der Waals surface area contributed by atoms with Crippen LogP contribution in [-0.2, 0) is 13.8 Å². The van der Waals surface area contributed by atoms with Crippen molar-refractivity contribution in [3.8, 4) is 11.8 Å². The summed E-state index contributed by atoms with van der Waals surface area (Å²) in [5.41, 5.74) is 0. The van der Waals surface area contributed by atoms with Gasteiger partial charge in [-0.15, -0.1) is 11.8 Å². The zero-order valence-electron chi connectivity index (χ0n) is 9.16. The molecule has 14 heavy (non-hydrogen) atoms. The normalized spacial score (nSPS) is 12.1. The molecule has 0 amide bonds. The Morgan fingerprint density at radius 3 is 2.43 bits per heavy atom. The van der Waals surface area contributed by atoms with Crippen molar-refractivity contribution >= 4 is 14.2 Å². The van der Waals surface area contributed by atoms with Crippen LogP contribution in [0.5, 0.6) is 0 Å². The standard InChI is InChI=1S/C10H17O3P/c1-5-6-7-9(2)10(11)8-14(12-3)13-4/h9H,7-8H2,1-4H3. The fraction of sp³-hybridized carbons (Fsp3) is 0.700. The molecule has 3 nitrogen and oxygen atoms in total. The fourth-order valence-electron chi connectivity index (χ4n) is 0.856. The van der Waals surface area contributed by atoms with E-state index in [0.29, 0.717) is 12.6 Å². The van der Waals surface area contributed by atoms with E-state index in [4.69, 9.17) is 9.05 Å². The van der Waals surface area contributed by atoms with Gasteiger partial charge >= 0.3 is 0 Å². The first-order chi connectivity index (χ1) is 6.65. The lowest BCUT2D eigenvalue weighted by atomic mass is 10.0. The lowest BCUT2D eigenvalue weighted by Crippen LogP contribution is -2.14.